The first-order chi connectivity index (χ1) is 21.3. The van der Waals surface area contributed by atoms with Crippen LogP contribution in [0.25, 0.3) is 0 Å². The highest BCUT2D eigenvalue weighted by Gasteiger charge is 2.44. The van der Waals surface area contributed by atoms with E-state index < -0.39 is 30.7 Å². The Hall–Kier alpha value is -3.69. The van der Waals surface area contributed by atoms with E-state index in [4.69, 9.17) is 28.4 Å². The van der Waals surface area contributed by atoms with E-state index >= 15 is 0 Å². The Kier molecular flexibility index (Phi) is 12.0. The Balaban J connectivity index is 1.46. The van der Waals surface area contributed by atoms with E-state index in [0.29, 0.717) is 19.8 Å². The maximum atomic E-state index is 12.7. The monoisotopic (exact) mass is 582 g/mol. The molecule has 0 amide bonds. The van der Waals surface area contributed by atoms with Crippen LogP contribution in [0, 0.1) is 0 Å². The predicted molar refractivity (Wildman–Crippen MR) is 162 cm³/mol. The third-order valence-corrected chi connectivity index (χ3v) is 7.16. The molecule has 0 radical (unpaired) electrons. The Morgan fingerprint density at radius 1 is 0.535 bits per heavy atom. The minimum Gasteiger partial charge on any atom is -0.368 e. The first-order valence-electron chi connectivity index (χ1n) is 14.6. The van der Waals surface area contributed by atoms with E-state index in [2.05, 4.69) is 0 Å². The Bertz CT molecular complexity index is 1320. The van der Waals surface area contributed by atoms with Crippen LogP contribution < -0.4 is 0 Å². The van der Waals surface area contributed by atoms with Gasteiger partial charge >= 0.3 is 0 Å². The van der Waals surface area contributed by atoms with Gasteiger partial charge in [-0.15, -0.1) is 0 Å². The van der Waals surface area contributed by atoms with Gasteiger partial charge < -0.3 is 33.2 Å². The SMILES string of the molecule is O=C[C@H](OCc1ccccc1)[C@@H](OCc1ccccc1)[C@@H](OCc1ccccc1)[C@@H](OCc1ccccc1)C1OCCO1. The number of aldehydes is 1. The molecule has 1 heterocycles. The van der Waals surface area contributed by atoms with Crippen LogP contribution in [0.3, 0.4) is 0 Å². The molecule has 0 spiro atoms. The van der Waals surface area contributed by atoms with Crippen molar-refractivity contribution in [3.63, 3.8) is 0 Å². The van der Waals surface area contributed by atoms with Crippen molar-refractivity contribution in [3.05, 3.63) is 144 Å². The number of carbonyl (C=O) groups excluding carboxylic acids is 1. The van der Waals surface area contributed by atoms with E-state index in [-0.39, 0.29) is 19.8 Å². The summed E-state index contributed by atoms with van der Waals surface area (Å²) in [4.78, 5) is 12.7. The highest BCUT2D eigenvalue weighted by Crippen LogP contribution is 2.27. The van der Waals surface area contributed by atoms with Crippen molar-refractivity contribution in [1.29, 1.82) is 0 Å². The number of carbonyl (C=O) groups is 1. The molecule has 0 N–H and O–H groups in total. The molecular formula is C36H38O7. The Labute approximate surface area is 253 Å². The summed E-state index contributed by atoms with van der Waals surface area (Å²) in [5.41, 5.74) is 3.85. The van der Waals surface area contributed by atoms with Gasteiger partial charge in [0.2, 0.25) is 0 Å². The van der Waals surface area contributed by atoms with Crippen LogP contribution in [0.15, 0.2) is 121 Å². The van der Waals surface area contributed by atoms with Gasteiger partial charge in [0.25, 0.3) is 0 Å². The molecule has 7 heteroatoms. The van der Waals surface area contributed by atoms with Gasteiger partial charge in [-0.05, 0) is 22.3 Å². The second kappa shape index (κ2) is 16.8. The molecule has 7 nitrogen and oxygen atoms in total. The van der Waals surface area contributed by atoms with Gasteiger partial charge in [0.05, 0.1) is 39.6 Å². The predicted octanol–water partition coefficient (Wildman–Crippen LogP) is 5.90. The number of hydrogen-bond donors (Lipinski definition) is 0. The van der Waals surface area contributed by atoms with E-state index in [1.807, 2.05) is 121 Å². The first-order valence-corrected chi connectivity index (χ1v) is 14.6. The van der Waals surface area contributed by atoms with Crippen LogP contribution in [0.2, 0.25) is 0 Å². The molecule has 4 aromatic carbocycles. The topological polar surface area (TPSA) is 72.5 Å². The number of hydrogen-bond acceptors (Lipinski definition) is 7. The van der Waals surface area contributed by atoms with Gasteiger partial charge in [-0.1, -0.05) is 121 Å². The number of rotatable bonds is 17. The summed E-state index contributed by atoms with van der Waals surface area (Å²) >= 11 is 0. The van der Waals surface area contributed by atoms with Gasteiger partial charge in [0.1, 0.15) is 24.4 Å². The Morgan fingerprint density at radius 2 is 0.907 bits per heavy atom. The normalized spacial score (nSPS) is 16.4. The molecule has 43 heavy (non-hydrogen) atoms. The maximum absolute atomic E-state index is 12.7. The van der Waals surface area contributed by atoms with Crippen LogP contribution in [0.4, 0.5) is 0 Å². The molecule has 224 valence electrons. The minimum absolute atomic E-state index is 0.229. The van der Waals surface area contributed by atoms with Crippen LogP contribution in [-0.2, 0) is 59.6 Å². The van der Waals surface area contributed by atoms with Crippen molar-refractivity contribution in [1.82, 2.24) is 0 Å². The van der Waals surface area contributed by atoms with Crippen molar-refractivity contribution < 1.29 is 33.2 Å². The molecule has 0 bridgehead atoms. The van der Waals surface area contributed by atoms with Gasteiger partial charge in [-0.2, -0.15) is 0 Å². The zero-order valence-electron chi connectivity index (χ0n) is 24.1. The van der Waals surface area contributed by atoms with E-state index in [1.54, 1.807) is 0 Å². The second-order valence-electron chi connectivity index (χ2n) is 10.3. The third-order valence-electron chi connectivity index (χ3n) is 7.16. The maximum Gasteiger partial charge on any atom is 0.186 e. The van der Waals surface area contributed by atoms with Crippen molar-refractivity contribution in [2.45, 2.75) is 57.1 Å². The van der Waals surface area contributed by atoms with Gasteiger partial charge in [-0.3, -0.25) is 0 Å². The lowest BCUT2D eigenvalue weighted by Crippen LogP contribution is -2.54. The van der Waals surface area contributed by atoms with Crippen LogP contribution in [-0.4, -0.2) is 50.2 Å². The lowest BCUT2D eigenvalue weighted by molar-refractivity contribution is -0.235. The second-order valence-corrected chi connectivity index (χ2v) is 10.3. The van der Waals surface area contributed by atoms with Crippen molar-refractivity contribution >= 4 is 6.29 Å². The van der Waals surface area contributed by atoms with Crippen LogP contribution in [0.5, 0.6) is 0 Å². The fourth-order valence-corrected chi connectivity index (χ4v) is 4.93. The molecular weight excluding hydrogens is 544 g/mol. The Morgan fingerprint density at radius 3 is 1.33 bits per heavy atom. The fourth-order valence-electron chi connectivity index (χ4n) is 4.93. The molecule has 0 aromatic heterocycles. The average Bonchev–Trinajstić information content (AvgIpc) is 3.61. The average molecular weight is 583 g/mol. The van der Waals surface area contributed by atoms with E-state index in [1.165, 1.54) is 0 Å². The molecule has 0 aliphatic carbocycles. The van der Waals surface area contributed by atoms with Gasteiger partial charge in [0, 0.05) is 0 Å². The smallest absolute Gasteiger partial charge is 0.186 e. The van der Waals surface area contributed by atoms with Crippen molar-refractivity contribution in [2.75, 3.05) is 13.2 Å². The minimum atomic E-state index is -0.964. The summed E-state index contributed by atoms with van der Waals surface area (Å²) in [7, 11) is 0. The van der Waals surface area contributed by atoms with Crippen LogP contribution >= 0.6 is 0 Å². The van der Waals surface area contributed by atoms with Crippen molar-refractivity contribution in [3.8, 4) is 0 Å². The largest absolute Gasteiger partial charge is 0.368 e. The summed E-state index contributed by atoms with van der Waals surface area (Å²) in [5, 5.41) is 0. The quantitative estimate of drug-likeness (QED) is 0.144. The molecule has 1 saturated heterocycles. The van der Waals surface area contributed by atoms with Crippen LogP contribution in [0.1, 0.15) is 22.3 Å². The molecule has 0 unspecified atom stereocenters. The lowest BCUT2D eigenvalue weighted by Gasteiger charge is -2.37. The molecule has 0 saturated carbocycles. The molecule has 5 rings (SSSR count). The van der Waals surface area contributed by atoms with Gasteiger partial charge in [-0.25, -0.2) is 0 Å². The zero-order valence-corrected chi connectivity index (χ0v) is 24.1. The molecule has 4 atom stereocenters. The first kappa shape index (κ1) is 30.8. The van der Waals surface area contributed by atoms with E-state index in [0.717, 1.165) is 28.5 Å². The summed E-state index contributed by atoms with van der Waals surface area (Å²) in [5.74, 6) is 0. The highest BCUT2D eigenvalue weighted by atomic mass is 16.7. The number of ether oxygens (including phenoxy) is 6. The lowest BCUT2D eigenvalue weighted by atomic mass is 10.0. The summed E-state index contributed by atoms with van der Waals surface area (Å²) < 4.78 is 37.9. The molecule has 1 aliphatic rings. The zero-order chi connectivity index (χ0) is 29.5. The van der Waals surface area contributed by atoms with E-state index in [9.17, 15) is 4.79 Å². The summed E-state index contributed by atoms with van der Waals surface area (Å²) in [6.07, 6.45) is -3.26. The molecule has 4 aromatic rings. The van der Waals surface area contributed by atoms with Gasteiger partial charge in [0.15, 0.2) is 12.6 Å². The summed E-state index contributed by atoms with van der Waals surface area (Å²) in [6.45, 7) is 1.89. The third kappa shape index (κ3) is 9.40. The fraction of sp³-hybridized carbons (Fsp3) is 0.306. The summed E-state index contributed by atoms with van der Waals surface area (Å²) in [6, 6.07) is 39.3. The highest BCUT2D eigenvalue weighted by molar-refractivity contribution is 5.57. The number of benzene rings is 4. The molecule has 1 aliphatic heterocycles. The molecule has 1 fully saturated rings. The van der Waals surface area contributed by atoms with Crippen molar-refractivity contribution in [2.24, 2.45) is 0 Å². The standard InChI is InChI=1S/C36H38O7/c37-23-32(40-24-28-13-5-1-6-14-28)33(41-25-29-15-7-2-8-16-29)34(42-26-30-17-9-3-10-18-30)35(36-38-21-22-39-36)43-27-31-19-11-4-12-20-31/h1-20,23,32-36H,21-22,24-27H2/t32-,33+,34+,35+/m0/s1.